The highest BCUT2D eigenvalue weighted by Crippen LogP contribution is 2.32. The van der Waals surface area contributed by atoms with Crippen molar-refractivity contribution >= 4 is 29.3 Å². The molecule has 0 saturated heterocycles. The van der Waals surface area contributed by atoms with Crippen molar-refractivity contribution in [3.8, 4) is 0 Å². The predicted octanol–water partition coefficient (Wildman–Crippen LogP) is 4.44. The molecule has 7 heteroatoms. The van der Waals surface area contributed by atoms with Crippen molar-refractivity contribution in [3.05, 3.63) is 92.4 Å². The zero-order valence-electron chi connectivity index (χ0n) is 16.2. The van der Waals surface area contributed by atoms with Crippen molar-refractivity contribution in [2.45, 2.75) is 37.2 Å². The summed E-state index contributed by atoms with van der Waals surface area (Å²) < 4.78 is 0. The number of aromatic amines is 1. The highest BCUT2D eigenvalue weighted by molar-refractivity contribution is 7.99. The maximum absolute atomic E-state index is 12.5. The predicted molar refractivity (Wildman–Crippen MR) is 117 cm³/mol. The Hall–Kier alpha value is -2.57. The topological polar surface area (TPSA) is 74.8 Å². The van der Waals surface area contributed by atoms with Gasteiger partial charge < -0.3 is 10.3 Å². The minimum Gasteiger partial charge on any atom is -0.352 e. The lowest BCUT2D eigenvalue weighted by Crippen LogP contribution is -2.28. The molecule has 29 heavy (non-hydrogen) atoms. The Morgan fingerprint density at radius 2 is 1.86 bits per heavy atom. The van der Waals surface area contributed by atoms with Crippen LogP contribution in [0.1, 0.15) is 34.6 Å². The van der Waals surface area contributed by atoms with Gasteiger partial charge in [0.2, 0.25) is 5.91 Å². The van der Waals surface area contributed by atoms with Gasteiger partial charge in [-0.25, -0.2) is 4.98 Å². The third-order valence-corrected chi connectivity index (χ3v) is 5.79. The number of H-pyrrole nitrogens is 1. The molecular weight excluding hydrogens is 406 g/mol. The van der Waals surface area contributed by atoms with E-state index < -0.39 is 0 Å². The van der Waals surface area contributed by atoms with Crippen LogP contribution in [0.15, 0.2) is 64.5 Å². The van der Waals surface area contributed by atoms with Gasteiger partial charge in [-0.1, -0.05) is 65.8 Å². The van der Waals surface area contributed by atoms with Gasteiger partial charge in [-0.15, -0.1) is 0 Å². The molecular formula is C22H22ClN3O2S. The quantitative estimate of drug-likeness (QED) is 0.431. The molecule has 0 fully saturated rings. The second-order valence-electron chi connectivity index (χ2n) is 6.69. The van der Waals surface area contributed by atoms with E-state index in [1.807, 2.05) is 42.5 Å². The van der Waals surface area contributed by atoms with E-state index in [9.17, 15) is 9.59 Å². The number of aromatic nitrogens is 2. The van der Waals surface area contributed by atoms with E-state index in [0.29, 0.717) is 28.0 Å². The number of hydrogen-bond donors (Lipinski definition) is 2. The minimum absolute atomic E-state index is 0.0130. The number of nitrogens with zero attached hydrogens (tertiary/aromatic N) is 1. The summed E-state index contributed by atoms with van der Waals surface area (Å²) in [6, 6.07) is 17.3. The maximum atomic E-state index is 12.5. The van der Waals surface area contributed by atoms with Crippen LogP contribution in [-0.4, -0.2) is 15.9 Å². The van der Waals surface area contributed by atoms with Crippen LogP contribution in [0, 0.1) is 6.92 Å². The van der Waals surface area contributed by atoms with Crippen molar-refractivity contribution in [1.82, 2.24) is 15.3 Å². The molecule has 0 aliphatic heterocycles. The van der Waals surface area contributed by atoms with Crippen LogP contribution in [0.4, 0.5) is 0 Å². The van der Waals surface area contributed by atoms with Crippen LogP contribution in [0.2, 0.25) is 5.02 Å². The molecule has 1 atom stereocenters. The normalized spacial score (nSPS) is 11.8. The van der Waals surface area contributed by atoms with Gasteiger partial charge in [0.1, 0.15) is 0 Å². The smallest absolute Gasteiger partial charge is 0.255 e. The van der Waals surface area contributed by atoms with Gasteiger partial charge in [-0.05, 0) is 37.1 Å². The van der Waals surface area contributed by atoms with Gasteiger partial charge in [0.25, 0.3) is 5.56 Å². The average molecular weight is 428 g/mol. The molecule has 0 aliphatic rings. The Bertz CT molecular complexity index is 1040. The Morgan fingerprint density at radius 3 is 2.52 bits per heavy atom. The first-order valence-electron chi connectivity index (χ1n) is 9.25. The highest BCUT2D eigenvalue weighted by Gasteiger charge is 2.15. The Morgan fingerprint density at radius 1 is 1.17 bits per heavy atom. The van der Waals surface area contributed by atoms with Crippen molar-refractivity contribution in [2.24, 2.45) is 0 Å². The molecule has 0 aliphatic carbocycles. The summed E-state index contributed by atoms with van der Waals surface area (Å²) in [6.07, 6.45) is -0.0130. The Balaban J connectivity index is 1.63. The zero-order valence-corrected chi connectivity index (χ0v) is 17.8. The molecule has 5 nitrogen and oxygen atoms in total. The van der Waals surface area contributed by atoms with Crippen molar-refractivity contribution < 1.29 is 4.79 Å². The van der Waals surface area contributed by atoms with Gasteiger partial charge >= 0.3 is 0 Å². The van der Waals surface area contributed by atoms with Crippen LogP contribution < -0.4 is 10.9 Å². The number of carbonyl (C=O) groups is 1. The lowest BCUT2D eigenvalue weighted by Gasteiger charge is -2.12. The number of halogens is 1. The van der Waals surface area contributed by atoms with Gasteiger partial charge in [0.05, 0.1) is 6.42 Å². The second kappa shape index (κ2) is 9.76. The first-order chi connectivity index (χ1) is 13.9. The lowest BCUT2D eigenvalue weighted by atomic mass is 10.1. The van der Waals surface area contributed by atoms with Crippen molar-refractivity contribution in [2.75, 3.05) is 0 Å². The molecule has 3 aromatic rings. The second-order valence-corrected chi connectivity index (χ2v) is 8.45. The zero-order chi connectivity index (χ0) is 20.8. The van der Waals surface area contributed by atoms with E-state index in [2.05, 4.69) is 22.2 Å². The number of carbonyl (C=O) groups excluding carboxylic acids is 1. The number of hydrogen-bond acceptors (Lipinski definition) is 4. The number of aryl methyl sites for hydroxylation is 1. The van der Waals surface area contributed by atoms with Crippen LogP contribution in [0.5, 0.6) is 0 Å². The summed E-state index contributed by atoms with van der Waals surface area (Å²) in [5.41, 5.74) is 2.77. The molecule has 150 valence electrons. The number of thioether (sulfide) groups is 1. The van der Waals surface area contributed by atoms with Crippen molar-refractivity contribution in [3.63, 3.8) is 0 Å². The highest BCUT2D eigenvalue weighted by atomic mass is 35.5. The van der Waals surface area contributed by atoms with E-state index in [1.54, 1.807) is 19.1 Å². The third-order valence-electron chi connectivity index (χ3n) is 4.50. The number of amides is 1. The lowest BCUT2D eigenvalue weighted by molar-refractivity contribution is -0.120. The summed E-state index contributed by atoms with van der Waals surface area (Å²) in [7, 11) is 0. The van der Waals surface area contributed by atoms with E-state index in [1.165, 1.54) is 11.8 Å². The monoisotopic (exact) mass is 427 g/mol. The first-order valence-corrected chi connectivity index (χ1v) is 10.5. The van der Waals surface area contributed by atoms with Crippen LogP contribution in [0.25, 0.3) is 0 Å². The number of nitrogens with one attached hydrogen (secondary N) is 2. The molecule has 3 rings (SSSR count). The summed E-state index contributed by atoms with van der Waals surface area (Å²) in [4.78, 5) is 32.1. The fourth-order valence-corrected chi connectivity index (χ4v) is 3.93. The third kappa shape index (κ3) is 5.95. The van der Waals surface area contributed by atoms with E-state index in [4.69, 9.17) is 11.6 Å². The number of benzene rings is 2. The van der Waals surface area contributed by atoms with Crippen LogP contribution >= 0.6 is 23.4 Å². The SMILES string of the molecule is Cc1nc(SC(C)c2ccccc2)[nH]c(=O)c1CC(=O)NCc1ccc(Cl)cc1. The molecule has 0 saturated carbocycles. The molecule has 1 unspecified atom stereocenters. The largest absolute Gasteiger partial charge is 0.352 e. The summed E-state index contributed by atoms with van der Waals surface area (Å²) in [6.45, 7) is 4.20. The average Bonchev–Trinajstić information content (AvgIpc) is 2.71. The molecule has 0 bridgehead atoms. The first kappa shape index (κ1) is 21.1. The van der Waals surface area contributed by atoms with Gasteiger partial charge in [0.15, 0.2) is 5.16 Å². The summed E-state index contributed by atoms with van der Waals surface area (Å²) >= 11 is 7.34. The fourth-order valence-electron chi connectivity index (χ4n) is 2.83. The van der Waals surface area contributed by atoms with Gasteiger partial charge in [-0.2, -0.15) is 0 Å². The van der Waals surface area contributed by atoms with Crippen molar-refractivity contribution in [1.29, 1.82) is 0 Å². The molecule has 0 radical (unpaired) electrons. The maximum Gasteiger partial charge on any atom is 0.255 e. The summed E-state index contributed by atoms with van der Waals surface area (Å²) in [5.74, 6) is -0.228. The Labute approximate surface area is 178 Å². The minimum atomic E-state index is -0.276. The molecule has 1 heterocycles. The van der Waals surface area contributed by atoms with Crippen LogP contribution in [-0.2, 0) is 17.8 Å². The standard InChI is InChI=1S/C22H22ClN3O2S/c1-14-19(12-20(27)24-13-16-8-10-18(23)11-9-16)21(28)26-22(25-14)29-15(2)17-6-4-3-5-7-17/h3-11,15H,12-13H2,1-2H3,(H,24,27)(H,25,26,28). The molecule has 2 aromatic carbocycles. The fraction of sp³-hybridized carbons (Fsp3) is 0.227. The summed E-state index contributed by atoms with van der Waals surface area (Å²) in [5, 5.41) is 4.16. The van der Waals surface area contributed by atoms with Gasteiger partial charge in [0, 0.05) is 28.1 Å². The number of rotatable bonds is 7. The van der Waals surface area contributed by atoms with Crippen LogP contribution in [0.3, 0.4) is 0 Å². The Kier molecular flexibility index (Phi) is 7.12. The molecule has 1 amide bonds. The van der Waals surface area contributed by atoms with E-state index in [-0.39, 0.29) is 23.1 Å². The van der Waals surface area contributed by atoms with E-state index >= 15 is 0 Å². The van der Waals surface area contributed by atoms with E-state index in [0.717, 1.165) is 11.1 Å². The molecule has 2 N–H and O–H groups in total. The molecule has 1 aromatic heterocycles. The molecule has 0 spiro atoms. The van der Waals surface area contributed by atoms with Gasteiger partial charge in [-0.3, -0.25) is 9.59 Å².